The van der Waals surface area contributed by atoms with Gasteiger partial charge in [0.15, 0.2) is 0 Å². The third-order valence-electron chi connectivity index (χ3n) is 2.85. The second kappa shape index (κ2) is 5.61. The summed E-state index contributed by atoms with van der Waals surface area (Å²) in [5.74, 6) is 5.32. The number of halogens is 2. The number of nitrogens with two attached hydrogens (primary N) is 1. The Bertz CT molecular complexity index is 540. The van der Waals surface area contributed by atoms with Crippen molar-refractivity contribution < 1.29 is 4.39 Å². The largest absolute Gasteiger partial charge is 0.271 e. The molecular formula is C14H14BrFN2. The molecule has 0 saturated heterocycles. The lowest BCUT2D eigenvalue weighted by atomic mass is 9.98. The molecule has 2 nitrogen and oxygen atoms in total. The van der Waals surface area contributed by atoms with E-state index in [0.717, 1.165) is 11.1 Å². The fourth-order valence-corrected chi connectivity index (χ4v) is 2.23. The molecule has 0 aliphatic rings. The Hall–Kier alpha value is -1.23. The maximum absolute atomic E-state index is 13.2. The molecule has 0 aliphatic carbocycles. The molecule has 2 rings (SSSR count). The molecule has 0 spiro atoms. The van der Waals surface area contributed by atoms with Gasteiger partial charge in [-0.2, -0.15) is 0 Å². The minimum atomic E-state index is -0.279. The van der Waals surface area contributed by atoms with E-state index in [1.165, 1.54) is 11.6 Å². The van der Waals surface area contributed by atoms with Gasteiger partial charge in [0.05, 0.1) is 10.5 Å². The zero-order valence-corrected chi connectivity index (χ0v) is 11.5. The fraction of sp³-hybridized carbons (Fsp3) is 0.143. The first-order valence-electron chi connectivity index (χ1n) is 5.59. The Balaban J connectivity index is 2.38. The van der Waals surface area contributed by atoms with Gasteiger partial charge >= 0.3 is 0 Å². The highest BCUT2D eigenvalue weighted by atomic mass is 79.9. The van der Waals surface area contributed by atoms with E-state index in [1.54, 1.807) is 12.1 Å². The van der Waals surface area contributed by atoms with Crippen LogP contribution in [0.2, 0.25) is 0 Å². The SMILES string of the molecule is Cc1ccc(C(NN)c2ccc(F)c(Br)c2)cc1. The maximum atomic E-state index is 13.2. The molecule has 0 radical (unpaired) electrons. The molecule has 0 amide bonds. The Kier molecular flexibility index (Phi) is 4.11. The van der Waals surface area contributed by atoms with Crippen molar-refractivity contribution in [2.75, 3.05) is 0 Å². The van der Waals surface area contributed by atoms with E-state index in [4.69, 9.17) is 5.84 Å². The van der Waals surface area contributed by atoms with Gasteiger partial charge in [-0.05, 0) is 46.1 Å². The summed E-state index contributed by atoms with van der Waals surface area (Å²) in [6, 6.07) is 12.8. The molecule has 4 heteroatoms. The number of nitrogens with one attached hydrogen (secondary N) is 1. The normalized spacial score (nSPS) is 12.4. The first kappa shape index (κ1) is 13.2. The molecule has 0 saturated carbocycles. The van der Waals surface area contributed by atoms with Crippen molar-refractivity contribution in [3.63, 3.8) is 0 Å². The molecule has 0 fully saturated rings. The number of hydrogen-bond acceptors (Lipinski definition) is 2. The molecule has 3 N–H and O–H groups in total. The average molecular weight is 309 g/mol. The third-order valence-corrected chi connectivity index (χ3v) is 3.46. The van der Waals surface area contributed by atoms with E-state index in [0.29, 0.717) is 4.47 Å². The second-order valence-corrected chi connectivity index (χ2v) is 5.04. The van der Waals surface area contributed by atoms with E-state index in [-0.39, 0.29) is 11.9 Å². The fourth-order valence-electron chi connectivity index (χ4n) is 1.84. The number of hydrazine groups is 1. The minimum Gasteiger partial charge on any atom is -0.271 e. The van der Waals surface area contributed by atoms with E-state index in [1.807, 2.05) is 31.2 Å². The summed E-state index contributed by atoms with van der Waals surface area (Å²) in [4.78, 5) is 0. The summed E-state index contributed by atoms with van der Waals surface area (Å²) in [5.41, 5.74) is 5.90. The molecule has 2 aromatic carbocycles. The van der Waals surface area contributed by atoms with E-state index in [2.05, 4.69) is 21.4 Å². The minimum absolute atomic E-state index is 0.150. The summed E-state index contributed by atoms with van der Waals surface area (Å²) < 4.78 is 13.7. The molecule has 0 aliphatic heterocycles. The highest BCUT2D eigenvalue weighted by Gasteiger charge is 2.13. The van der Waals surface area contributed by atoms with Gasteiger partial charge in [-0.3, -0.25) is 5.84 Å². The molecule has 0 bridgehead atoms. The summed E-state index contributed by atoms with van der Waals surface area (Å²) in [6.45, 7) is 2.03. The zero-order valence-electron chi connectivity index (χ0n) is 9.95. The van der Waals surface area contributed by atoms with Crippen LogP contribution < -0.4 is 11.3 Å². The predicted octanol–water partition coefficient (Wildman–Crippen LogP) is 3.45. The van der Waals surface area contributed by atoms with E-state index >= 15 is 0 Å². The smallest absolute Gasteiger partial charge is 0.137 e. The lowest BCUT2D eigenvalue weighted by Crippen LogP contribution is -2.28. The van der Waals surface area contributed by atoms with Crippen LogP contribution in [0.1, 0.15) is 22.7 Å². The van der Waals surface area contributed by atoms with Crippen molar-refractivity contribution in [3.05, 3.63) is 69.4 Å². The van der Waals surface area contributed by atoms with Gasteiger partial charge in [-0.25, -0.2) is 9.82 Å². The summed E-state index contributed by atoms with van der Waals surface area (Å²) in [6.07, 6.45) is 0. The summed E-state index contributed by atoms with van der Waals surface area (Å²) >= 11 is 3.18. The van der Waals surface area contributed by atoms with Gasteiger partial charge in [-0.1, -0.05) is 35.9 Å². The van der Waals surface area contributed by atoms with Crippen LogP contribution in [0.4, 0.5) is 4.39 Å². The quantitative estimate of drug-likeness (QED) is 0.673. The van der Waals surface area contributed by atoms with E-state index in [9.17, 15) is 4.39 Å². The van der Waals surface area contributed by atoms with Crippen molar-refractivity contribution in [1.82, 2.24) is 5.43 Å². The van der Waals surface area contributed by atoms with Crippen LogP contribution in [0, 0.1) is 12.7 Å². The van der Waals surface area contributed by atoms with Crippen LogP contribution in [0.5, 0.6) is 0 Å². The molecule has 1 atom stereocenters. The topological polar surface area (TPSA) is 38.0 Å². The first-order chi connectivity index (χ1) is 8.61. The molecule has 1 unspecified atom stereocenters. The van der Waals surface area contributed by atoms with Gasteiger partial charge in [-0.15, -0.1) is 0 Å². The van der Waals surface area contributed by atoms with Crippen LogP contribution in [0.15, 0.2) is 46.9 Å². The van der Waals surface area contributed by atoms with Crippen LogP contribution in [-0.2, 0) is 0 Å². The Morgan fingerprint density at radius 2 is 1.72 bits per heavy atom. The van der Waals surface area contributed by atoms with Gasteiger partial charge in [0, 0.05) is 0 Å². The first-order valence-corrected chi connectivity index (χ1v) is 6.39. The third kappa shape index (κ3) is 2.77. The zero-order chi connectivity index (χ0) is 13.1. The van der Waals surface area contributed by atoms with Crippen molar-refractivity contribution >= 4 is 15.9 Å². The van der Waals surface area contributed by atoms with Crippen molar-refractivity contribution in [2.45, 2.75) is 13.0 Å². The predicted molar refractivity (Wildman–Crippen MR) is 74.4 cm³/mol. The Morgan fingerprint density at radius 3 is 2.28 bits per heavy atom. The summed E-state index contributed by atoms with van der Waals surface area (Å²) in [5, 5.41) is 0. The highest BCUT2D eigenvalue weighted by molar-refractivity contribution is 9.10. The number of aryl methyl sites for hydroxylation is 1. The molecule has 0 heterocycles. The monoisotopic (exact) mass is 308 g/mol. The second-order valence-electron chi connectivity index (χ2n) is 4.18. The molecule has 2 aromatic rings. The molecular weight excluding hydrogens is 295 g/mol. The number of rotatable bonds is 3. The van der Waals surface area contributed by atoms with Gasteiger partial charge in [0.25, 0.3) is 0 Å². The number of hydrogen-bond donors (Lipinski definition) is 2. The van der Waals surface area contributed by atoms with Gasteiger partial charge < -0.3 is 0 Å². The Morgan fingerprint density at radius 1 is 1.11 bits per heavy atom. The van der Waals surface area contributed by atoms with Crippen molar-refractivity contribution in [2.24, 2.45) is 5.84 Å². The standard InChI is InChI=1S/C14H14BrFN2/c1-9-2-4-10(5-3-9)14(18-17)11-6-7-13(16)12(15)8-11/h2-8,14,18H,17H2,1H3. The highest BCUT2D eigenvalue weighted by Crippen LogP contribution is 2.25. The van der Waals surface area contributed by atoms with Crippen molar-refractivity contribution in [1.29, 1.82) is 0 Å². The average Bonchev–Trinajstić information content (AvgIpc) is 2.37. The van der Waals surface area contributed by atoms with Gasteiger partial charge in [0.1, 0.15) is 5.82 Å². The molecule has 0 aromatic heterocycles. The van der Waals surface area contributed by atoms with Crippen molar-refractivity contribution in [3.8, 4) is 0 Å². The Labute approximate surface area is 114 Å². The lowest BCUT2D eigenvalue weighted by Gasteiger charge is -2.17. The lowest BCUT2D eigenvalue weighted by molar-refractivity contribution is 0.610. The molecule has 94 valence electrons. The maximum Gasteiger partial charge on any atom is 0.137 e. The number of benzene rings is 2. The van der Waals surface area contributed by atoms with Crippen LogP contribution in [0.25, 0.3) is 0 Å². The van der Waals surface area contributed by atoms with Crippen LogP contribution in [-0.4, -0.2) is 0 Å². The van der Waals surface area contributed by atoms with Gasteiger partial charge in [0.2, 0.25) is 0 Å². The van der Waals surface area contributed by atoms with E-state index < -0.39 is 0 Å². The van der Waals surface area contributed by atoms with Crippen LogP contribution in [0.3, 0.4) is 0 Å². The van der Waals surface area contributed by atoms with Crippen LogP contribution >= 0.6 is 15.9 Å². The molecule has 18 heavy (non-hydrogen) atoms. The summed E-state index contributed by atoms with van der Waals surface area (Å²) in [7, 11) is 0.